The lowest BCUT2D eigenvalue weighted by Crippen LogP contribution is -2.04. The minimum atomic E-state index is -0.263. The van der Waals surface area contributed by atoms with Gasteiger partial charge in [0.2, 0.25) is 0 Å². The number of nitrogens with zero attached hydrogens (tertiary/aromatic N) is 1. The molecule has 0 heterocycles. The predicted octanol–water partition coefficient (Wildman–Crippen LogP) is 3.18. The zero-order valence-corrected chi connectivity index (χ0v) is 9.08. The highest BCUT2D eigenvalue weighted by Gasteiger charge is 2.00. The van der Waals surface area contributed by atoms with E-state index in [1.807, 2.05) is 6.07 Å². The average Bonchev–Trinajstić information content (AvgIpc) is 2.18. The summed E-state index contributed by atoms with van der Waals surface area (Å²) >= 11 is 0. The molecular formula is C12H21NO. The topological polar surface area (TPSA) is 44.0 Å². The lowest BCUT2D eigenvalue weighted by molar-refractivity contribution is 0.163. The Hall–Kier alpha value is -0.810. The van der Waals surface area contributed by atoms with E-state index in [1.165, 1.54) is 31.8 Å². The van der Waals surface area contributed by atoms with Gasteiger partial charge in [-0.15, -0.1) is 0 Å². The zero-order valence-electron chi connectivity index (χ0n) is 9.08. The van der Waals surface area contributed by atoms with Gasteiger partial charge in [-0.05, 0) is 12.8 Å². The fourth-order valence-corrected chi connectivity index (χ4v) is 1.38. The Morgan fingerprint density at radius 3 is 2.64 bits per heavy atom. The van der Waals surface area contributed by atoms with Crippen molar-refractivity contribution in [2.45, 2.75) is 58.0 Å². The van der Waals surface area contributed by atoms with Crippen LogP contribution in [0.25, 0.3) is 0 Å². The van der Waals surface area contributed by atoms with E-state index in [0.29, 0.717) is 6.42 Å². The maximum absolute atomic E-state index is 9.47. The highest BCUT2D eigenvalue weighted by atomic mass is 16.3. The summed E-state index contributed by atoms with van der Waals surface area (Å²) in [5, 5.41) is 17.7. The molecule has 2 heteroatoms. The molecule has 1 N–H and O–H groups in total. The van der Waals surface area contributed by atoms with Crippen molar-refractivity contribution in [2.75, 3.05) is 0 Å². The third-order valence-corrected chi connectivity index (χ3v) is 2.24. The number of hydrogen-bond donors (Lipinski definition) is 1. The van der Waals surface area contributed by atoms with Crippen LogP contribution in [0.3, 0.4) is 0 Å². The SMILES string of the molecule is CCCCCCC[C@@H](O)C/C=C/C#N. The number of aliphatic hydroxyl groups is 1. The van der Waals surface area contributed by atoms with Gasteiger partial charge in [0, 0.05) is 6.08 Å². The first-order chi connectivity index (χ1) is 6.81. The van der Waals surface area contributed by atoms with Crippen molar-refractivity contribution in [1.82, 2.24) is 0 Å². The van der Waals surface area contributed by atoms with Crippen LogP contribution in [0.2, 0.25) is 0 Å². The van der Waals surface area contributed by atoms with E-state index in [1.54, 1.807) is 6.08 Å². The van der Waals surface area contributed by atoms with Crippen molar-refractivity contribution in [3.05, 3.63) is 12.2 Å². The summed E-state index contributed by atoms with van der Waals surface area (Å²) in [6, 6.07) is 1.92. The highest BCUT2D eigenvalue weighted by molar-refractivity contribution is 5.01. The molecule has 0 aliphatic carbocycles. The molecule has 0 unspecified atom stereocenters. The summed E-state index contributed by atoms with van der Waals surface area (Å²) in [5.74, 6) is 0. The summed E-state index contributed by atoms with van der Waals surface area (Å²) < 4.78 is 0. The predicted molar refractivity (Wildman–Crippen MR) is 58.8 cm³/mol. The number of unbranched alkanes of at least 4 members (excludes halogenated alkanes) is 4. The zero-order chi connectivity index (χ0) is 10.6. The highest BCUT2D eigenvalue weighted by Crippen LogP contribution is 2.09. The molecule has 0 aromatic heterocycles. The first-order valence-corrected chi connectivity index (χ1v) is 5.54. The minimum Gasteiger partial charge on any atom is -0.393 e. The maximum Gasteiger partial charge on any atom is 0.0908 e. The van der Waals surface area contributed by atoms with Gasteiger partial charge < -0.3 is 5.11 Å². The third kappa shape index (κ3) is 9.28. The molecule has 0 spiro atoms. The first kappa shape index (κ1) is 13.2. The molecule has 80 valence electrons. The van der Waals surface area contributed by atoms with E-state index in [2.05, 4.69) is 6.92 Å². The van der Waals surface area contributed by atoms with E-state index >= 15 is 0 Å². The van der Waals surface area contributed by atoms with Gasteiger partial charge in [0.25, 0.3) is 0 Å². The van der Waals surface area contributed by atoms with Crippen molar-refractivity contribution in [3.63, 3.8) is 0 Å². The van der Waals surface area contributed by atoms with E-state index in [-0.39, 0.29) is 6.10 Å². The van der Waals surface area contributed by atoms with Gasteiger partial charge in [0.05, 0.1) is 12.2 Å². The van der Waals surface area contributed by atoms with Crippen LogP contribution in [0.15, 0.2) is 12.2 Å². The van der Waals surface area contributed by atoms with E-state index in [0.717, 1.165) is 12.8 Å². The second-order valence-corrected chi connectivity index (χ2v) is 3.62. The van der Waals surface area contributed by atoms with Crippen LogP contribution in [0.4, 0.5) is 0 Å². The van der Waals surface area contributed by atoms with Crippen molar-refractivity contribution in [1.29, 1.82) is 5.26 Å². The molecule has 0 saturated carbocycles. The van der Waals surface area contributed by atoms with Gasteiger partial charge >= 0.3 is 0 Å². The van der Waals surface area contributed by atoms with Gasteiger partial charge in [-0.25, -0.2) is 0 Å². The smallest absolute Gasteiger partial charge is 0.0908 e. The second kappa shape index (κ2) is 10.3. The van der Waals surface area contributed by atoms with Gasteiger partial charge in [-0.2, -0.15) is 5.26 Å². The molecule has 0 fully saturated rings. The van der Waals surface area contributed by atoms with Crippen LogP contribution < -0.4 is 0 Å². The molecule has 0 rings (SSSR count). The Morgan fingerprint density at radius 2 is 2.00 bits per heavy atom. The molecular weight excluding hydrogens is 174 g/mol. The molecule has 0 aromatic carbocycles. The quantitative estimate of drug-likeness (QED) is 0.477. The van der Waals surface area contributed by atoms with Crippen LogP contribution in [0.5, 0.6) is 0 Å². The van der Waals surface area contributed by atoms with Crippen molar-refractivity contribution < 1.29 is 5.11 Å². The molecule has 1 atom stereocenters. The van der Waals surface area contributed by atoms with Gasteiger partial charge in [0.15, 0.2) is 0 Å². The minimum absolute atomic E-state index is 0.263. The third-order valence-electron chi connectivity index (χ3n) is 2.24. The van der Waals surface area contributed by atoms with Gasteiger partial charge in [-0.1, -0.05) is 45.1 Å². The normalized spacial score (nSPS) is 12.9. The molecule has 14 heavy (non-hydrogen) atoms. The average molecular weight is 195 g/mol. The van der Waals surface area contributed by atoms with Crippen molar-refractivity contribution >= 4 is 0 Å². The molecule has 0 amide bonds. The lowest BCUT2D eigenvalue weighted by Gasteiger charge is -2.06. The molecule has 0 aromatic rings. The van der Waals surface area contributed by atoms with E-state index in [4.69, 9.17) is 5.26 Å². The molecule has 0 aliphatic heterocycles. The number of nitriles is 1. The molecule has 0 aliphatic rings. The van der Waals surface area contributed by atoms with Crippen molar-refractivity contribution in [2.24, 2.45) is 0 Å². The van der Waals surface area contributed by atoms with Crippen LogP contribution in [-0.2, 0) is 0 Å². The first-order valence-electron chi connectivity index (χ1n) is 5.54. The number of rotatable bonds is 8. The molecule has 0 bridgehead atoms. The fraction of sp³-hybridized carbons (Fsp3) is 0.750. The second-order valence-electron chi connectivity index (χ2n) is 3.62. The fourth-order valence-electron chi connectivity index (χ4n) is 1.38. The van der Waals surface area contributed by atoms with Gasteiger partial charge in [-0.3, -0.25) is 0 Å². The Morgan fingerprint density at radius 1 is 1.29 bits per heavy atom. The van der Waals surface area contributed by atoms with Crippen LogP contribution in [0.1, 0.15) is 51.9 Å². The van der Waals surface area contributed by atoms with E-state index in [9.17, 15) is 5.11 Å². The monoisotopic (exact) mass is 195 g/mol. The number of hydrogen-bond acceptors (Lipinski definition) is 2. The van der Waals surface area contributed by atoms with Crippen molar-refractivity contribution in [3.8, 4) is 6.07 Å². The maximum atomic E-state index is 9.47. The summed E-state index contributed by atoms with van der Waals surface area (Å²) in [6.45, 7) is 2.20. The summed E-state index contributed by atoms with van der Waals surface area (Å²) in [5.41, 5.74) is 0. The Bertz CT molecular complexity index is 181. The van der Waals surface area contributed by atoms with Gasteiger partial charge in [0.1, 0.15) is 0 Å². The van der Waals surface area contributed by atoms with E-state index < -0.39 is 0 Å². The van der Waals surface area contributed by atoms with Crippen LogP contribution in [0, 0.1) is 11.3 Å². The Kier molecular flexibility index (Phi) is 9.68. The Balaban J connectivity index is 3.23. The summed E-state index contributed by atoms with van der Waals surface area (Å²) in [7, 11) is 0. The molecule has 2 nitrogen and oxygen atoms in total. The molecule has 0 saturated heterocycles. The largest absolute Gasteiger partial charge is 0.393 e. The van der Waals surface area contributed by atoms with Crippen LogP contribution >= 0.6 is 0 Å². The summed E-state index contributed by atoms with van der Waals surface area (Å²) in [4.78, 5) is 0. The molecule has 0 radical (unpaired) electrons. The van der Waals surface area contributed by atoms with Crippen LogP contribution in [-0.4, -0.2) is 11.2 Å². The lowest BCUT2D eigenvalue weighted by atomic mass is 10.1. The standard InChI is InChI=1S/C12H21NO/c1-2-3-4-5-6-9-12(14)10-7-8-11-13/h7-8,12,14H,2-6,9-10H2,1H3/b8-7+/t12-/m1/s1. The number of allylic oxidation sites excluding steroid dienone is 1. The number of aliphatic hydroxyl groups excluding tert-OH is 1. The Labute approximate surface area is 87.3 Å². The summed E-state index contributed by atoms with van der Waals surface area (Å²) in [6.07, 6.45) is 10.5.